The highest BCUT2D eigenvalue weighted by atomic mass is 127. The van der Waals surface area contributed by atoms with E-state index in [4.69, 9.17) is 23.4 Å². The fraction of sp³-hybridized carbons (Fsp3) is 0.769. The Morgan fingerprint density at radius 3 is 2.51 bits per heavy atom. The molecule has 0 bridgehead atoms. The summed E-state index contributed by atoms with van der Waals surface area (Å²) in [4.78, 5) is 26.4. The van der Waals surface area contributed by atoms with Gasteiger partial charge >= 0.3 is 5.97 Å². The molecule has 0 aliphatic carbocycles. The number of carbonyl (C=O) groups excluding carboxylic acids is 2. The van der Waals surface area contributed by atoms with Gasteiger partial charge in [0.15, 0.2) is 14.1 Å². The maximum absolute atomic E-state index is 13.3. The molecule has 4 atom stereocenters. The second-order valence-corrected chi connectivity index (χ2v) is 16.4. The summed E-state index contributed by atoms with van der Waals surface area (Å²) in [5, 5.41) is -0.0221. The topological polar surface area (TPSA) is 80.3 Å². The number of hydrogen-bond acceptors (Lipinski definition) is 7. The highest BCUT2D eigenvalue weighted by molar-refractivity contribution is 14.1. The Morgan fingerprint density at radius 1 is 1.29 bits per heavy atom. The zero-order valence-corrected chi connectivity index (χ0v) is 26.1. The maximum Gasteiger partial charge on any atom is 0.308 e. The molecule has 1 rings (SSSR count). The van der Waals surface area contributed by atoms with Crippen LogP contribution in [0, 0.1) is 5.92 Å². The number of methoxy groups -OCH3 is 1. The van der Waals surface area contributed by atoms with Gasteiger partial charge in [-0.1, -0.05) is 56.4 Å². The largest absolute Gasteiger partial charge is 0.457 e. The molecule has 35 heavy (non-hydrogen) atoms. The SMILES string of the molecule is COCCOCO[C@]1(C)CC[C@@H](O[Si](C)(C)C(C)(C)C)CC(=O)O[C@H](/C(C)=C/I)[C@@H](C)/C=C\C1=O. The van der Waals surface area contributed by atoms with E-state index in [2.05, 4.69) is 56.5 Å². The molecule has 0 saturated heterocycles. The van der Waals surface area contributed by atoms with Crippen molar-refractivity contribution in [3.8, 4) is 0 Å². The van der Waals surface area contributed by atoms with Crippen LogP contribution in [0.15, 0.2) is 21.8 Å². The summed E-state index contributed by atoms with van der Waals surface area (Å²) < 4.78 is 30.9. The third-order valence-electron chi connectivity index (χ3n) is 6.93. The summed E-state index contributed by atoms with van der Waals surface area (Å²) in [7, 11) is -0.573. The number of halogens is 1. The molecular weight excluding hydrogens is 579 g/mol. The van der Waals surface area contributed by atoms with Gasteiger partial charge in [-0.2, -0.15) is 0 Å². The molecule has 0 aromatic carbocycles. The minimum atomic E-state index is -2.17. The molecule has 0 spiro atoms. The average molecular weight is 625 g/mol. The normalized spacial score (nSPS) is 28.7. The Bertz CT molecular complexity index is 759. The van der Waals surface area contributed by atoms with Crippen LogP contribution in [0.5, 0.6) is 0 Å². The molecule has 0 aromatic heterocycles. The van der Waals surface area contributed by atoms with E-state index in [1.54, 1.807) is 26.2 Å². The standard InChI is InChI=1S/C26H45IO7Si/c1-19-10-11-22(28)26(6,32-18-31-15-14-30-7)13-12-21(34-35(8,9)25(3,4)5)16-23(29)33-24(19)20(2)17-27/h10-11,17,19,21,24H,12-16,18H2,1-9H3/b11-10-,20-17+/t19-,21+,24-,26+/m0/s1. The summed E-state index contributed by atoms with van der Waals surface area (Å²) in [5.74, 6) is -0.628. The zero-order valence-electron chi connectivity index (χ0n) is 22.9. The van der Waals surface area contributed by atoms with E-state index in [9.17, 15) is 9.59 Å². The first-order chi connectivity index (χ1) is 16.2. The van der Waals surface area contributed by atoms with Crippen molar-refractivity contribution in [3.05, 3.63) is 21.8 Å². The first kappa shape index (κ1) is 32.4. The van der Waals surface area contributed by atoms with E-state index in [1.165, 1.54) is 0 Å². The Hall–Kier alpha value is -0.593. The third kappa shape index (κ3) is 10.4. The Morgan fingerprint density at radius 2 is 1.94 bits per heavy atom. The van der Waals surface area contributed by atoms with Crippen molar-refractivity contribution in [1.82, 2.24) is 0 Å². The molecule has 0 fully saturated rings. The van der Waals surface area contributed by atoms with Gasteiger partial charge in [-0.05, 0) is 60.6 Å². The molecule has 202 valence electrons. The molecule has 9 heteroatoms. The smallest absolute Gasteiger partial charge is 0.308 e. The van der Waals surface area contributed by atoms with Crippen LogP contribution in [-0.2, 0) is 33.0 Å². The van der Waals surface area contributed by atoms with Gasteiger partial charge in [-0.25, -0.2) is 0 Å². The van der Waals surface area contributed by atoms with Crippen LogP contribution in [0.1, 0.15) is 60.8 Å². The predicted octanol–water partition coefficient (Wildman–Crippen LogP) is 5.97. The van der Waals surface area contributed by atoms with E-state index in [0.717, 1.165) is 5.57 Å². The fourth-order valence-electron chi connectivity index (χ4n) is 3.44. The Labute approximate surface area is 226 Å². The third-order valence-corrected chi connectivity index (χ3v) is 12.4. The lowest BCUT2D eigenvalue weighted by atomic mass is 9.90. The number of cyclic esters (lactones) is 1. The molecule has 0 aromatic rings. The van der Waals surface area contributed by atoms with Crippen LogP contribution in [0.3, 0.4) is 0 Å². The number of ketones is 1. The molecule has 0 saturated carbocycles. The summed E-state index contributed by atoms with van der Waals surface area (Å²) in [5.41, 5.74) is -0.182. The molecule has 1 heterocycles. The van der Waals surface area contributed by atoms with Crippen molar-refractivity contribution in [2.75, 3.05) is 27.1 Å². The Kier molecular flexibility index (Phi) is 13.3. The van der Waals surface area contributed by atoms with Crippen molar-refractivity contribution in [3.63, 3.8) is 0 Å². The van der Waals surface area contributed by atoms with Gasteiger partial charge in [0.05, 0.1) is 25.7 Å². The van der Waals surface area contributed by atoms with Gasteiger partial charge in [0.25, 0.3) is 0 Å². The lowest BCUT2D eigenvalue weighted by Gasteiger charge is -2.40. The van der Waals surface area contributed by atoms with Crippen molar-refractivity contribution < 1.29 is 33.0 Å². The van der Waals surface area contributed by atoms with E-state index >= 15 is 0 Å². The van der Waals surface area contributed by atoms with Crippen LogP contribution in [0.4, 0.5) is 0 Å². The molecule has 0 unspecified atom stereocenters. The van der Waals surface area contributed by atoms with Crippen molar-refractivity contribution in [2.24, 2.45) is 5.92 Å². The average Bonchev–Trinajstić information content (AvgIpc) is 2.77. The Balaban J connectivity index is 3.29. The van der Waals surface area contributed by atoms with Crippen LogP contribution in [0.2, 0.25) is 18.1 Å². The molecule has 1 aliphatic rings. The van der Waals surface area contributed by atoms with Crippen LogP contribution >= 0.6 is 22.6 Å². The van der Waals surface area contributed by atoms with Gasteiger partial charge < -0.3 is 23.4 Å². The summed E-state index contributed by atoms with van der Waals surface area (Å²) in [6.07, 6.45) is 3.51. The highest BCUT2D eigenvalue weighted by Crippen LogP contribution is 2.39. The predicted molar refractivity (Wildman–Crippen MR) is 149 cm³/mol. The quantitative estimate of drug-likeness (QED) is 0.103. The van der Waals surface area contributed by atoms with Crippen LogP contribution in [0.25, 0.3) is 0 Å². The molecule has 0 radical (unpaired) electrons. The summed E-state index contributed by atoms with van der Waals surface area (Å²) in [6, 6.07) is 0. The second kappa shape index (κ2) is 14.4. The molecule has 7 nitrogen and oxygen atoms in total. The molecule has 0 amide bonds. The first-order valence-corrected chi connectivity index (χ1v) is 16.4. The van der Waals surface area contributed by atoms with Crippen LogP contribution < -0.4 is 0 Å². The van der Waals surface area contributed by atoms with Gasteiger partial charge in [-0.3, -0.25) is 9.59 Å². The number of hydrogen-bond donors (Lipinski definition) is 0. The number of esters is 1. The van der Waals surface area contributed by atoms with E-state index < -0.39 is 20.0 Å². The van der Waals surface area contributed by atoms with Gasteiger partial charge in [0.1, 0.15) is 18.5 Å². The second-order valence-electron chi connectivity index (χ2n) is 11.0. The maximum atomic E-state index is 13.3. The summed E-state index contributed by atoms with van der Waals surface area (Å²) >= 11 is 2.14. The van der Waals surface area contributed by atoms with E-state index in [1.807, 2.05) is 17.9 Å². The zero-order chi connectivity index (χ0) is 26.9. The van der Waals surface area contributed by atoms with Crippen LogP contribution in [-0.4, -0.2) is 65.0 Å². The number of carbonyl (C=O) groups is 2. The monoisotopic (exact) mass is 624 g/mol. The molecular formula is C26H45IO7Si. The lowest BCUT2D eigenvalue weighted by molar-refractivity contribution is -0.164. The highest BCUT2D eigenvalue weighted by Gasteiger charge is 2.41. The van der Waals surface area contributed by atoms with Gasteiger partial charge in [0.2, 0.25) is 0 Å². The first-order valence-electron chi connectivity index (χ1n) is 12.2. The van der Waals surface area contributed by atoms with E-state index in [-0.39, 0.29) is 42.0 Å². The minimum Gasteiger partial charge on any atom is -0.457 e. The number of ether oxygens (including phenoxy) is 4. The van der Waals surface area contributed by atoms with Gasteiger partial charge in [-0.15, -0.1) is 0 Å². The van der Waals surface area contributed by atoms with Gasteiger partial charge in [0, 0.05) is 13.0 Å². The summed E-state index contributed by atoms with van der Waals surface area (Å²) in [6.45, 7) is 17.3. The van der Waals surface area contributed by atoms with Crippen molar-refractivity contribution in [1.29, 1.82) is 0 Å². The number of rotatable bonds is 9. The van der Waals surface area contributed by atoms with Crippen molar-refractivity contribution in [2.45, 2.75) is 96.7 Å². The molecule has 1 aliphatic heterocycles. The fourth-order valence-corrected chi connectivity index (χ4v) is 5.18. The lowest BCUT2D eigenvalue weighted by Crippen LogP contribution is -2.46. The van der Waals surface area contributed by atoms with Crippen molar-refractivity contribution >= 4 is 42.7 Å². The molecule has 0 N–H and O–H groups in total. The minimum absolute atomic E-state index is 0.0221. The van der Waals surface area contributed by atoms with E-state index in [0.29, 0.717) is 26.1 Å².